The lowest BCUT2D eigenvalue weighted by atomic mass is 10.0. The van der Waals surface area contributed by atoms with Gasteiger partial charge in [0, 0.05) is 6.04 Å². The standard InChI is InChI=1S/C17H25NO3/c1-3-4-11-21-17(19)13-18-10-6-9-16(18)14-7-5-8-15(12-14)20-2/h5,7-8,12,16H,3-4,6,9-11,13H2,1-2H3. The molecule has 1 heterocycles. The number of carbonyl (C=O) groups is 1. The third-order valence-corrected chi connectivity index (χ3v) is 3.94. The summed E-state index contributed by atoms with van der Waals surface area (Å²) in [5.74, 6) is 0.753. The van der Waals surface area contributed by atoms with Gasteiger partial charge in [0.05, 0.1) is 20.3 Å². The molecule has 0 aromatic heterocycles. The number of nitrogens with zero attached hydrogens (tertiary/aromatic N) is 1. The monoisotopic (exact) mass is 291 g/mol. The van der Waals surface area contributed by atoms with E-state index in [1.807, 2.05) is 12.1 Å². The van der Waals surface area contributed by atoms with Crippen molar-refractivity contribution in [1.29, 1.82) is 0 Å². The van der Waals surface area contributed by atoms with E-state index in [1.54, 1.807) is 7.11 Å². The van der Waals surface area contributed by atoms with E-state index in [9.17, 15) is 4.79 Å². The maximum Gasteiger partial charge on any atom is 0.320 e. The van der Waals surface area contributed by atoms with Crippen LogP contribution < -0.4 is 4.74 Å². The van der Waals surface area contributed by atoms with E-state index in [2.05, 4.69) is 24.0 Å². The Balaban J connectivity index is 1.94. The summed E-state index contributed by atoms with van der Waals surface area (Å²) in [5, 5.41) is 0. The third kappa shape index (κ3) is 4.46. The zero-order valence-electron chi connectivity index (χ0n) is 13.0. The molecule has 0 aliphatic carbocycles. The summed E-state index contributed by atoms with van der Waals surface area (Å²) in [7, 11) is 1.68. The van der Waals surface area contributed by atoms with Crippen molar-refractivity contribution in [3.63, 3.8) is 0 Å². The van der Waals surface area contributed by atoms with Gasteiger partial charge < -0.3 is 9.47 Å². The molecule has 1 unspecified atom stereocenters. The molecule has 0 radical (unpaired) electrons. The molecule has 2 rings (SSSR count). The molecule has 21 heavy (non-hydrogen) atoms. The molecule has 1 aromatic carbocycles. The largest absolute Gasteiger partial charge is 0.497 e. The van der Waals surface area contributed by atoms with Crippen molar-refractivity contribution < 1.29 is 14.3 Å². The van der Waals surface area contributed by atoms with Crippen LogP contribution in [0.3, 0.4) is 0 Å². The molecule has 116 valence electrons. The summed E-state index contributed by atoms with van der Waals surface area (Å²) < 4.78 is 10.6. The number of esters is 1. The first-order valence-corrected chi connectivity index (χ1v) is 7.78. The minimum atomic E-state index is -0.113. The predicted molar refractivity (Wildman–Crippen MR) is 82.4 cm³/mol. The van der Waals surface area contributed by atoms with Crippen LogP contribution in [0.2, 0.25) is 0 Å². The second-order valence-electron chi connectivity index (χ2n) is 5.48. The average molecular weight is 291 g/mol. The summed E-state index contributed by atoms with van der Waals surface area (Å²) in [6.07, 6.45) is 4.17. The lowest BCUT2D eigenvalue weighted by molar-refractivity contribution is -0.145. The van der Waals surface area contributed by atoms with Crippen LogP contribution in [0.5, 0.6) is 5.75 Å². The van der Waals surface area contributed by atoms with Gasteiger partial charge in [-0.1, -0.05) is 25.5 Å². The predicted octanol–water partition coefficient (Wildman–Crippen LogP) is 3.18. The molecule has 1 fully saturated rings. The van der Waals surface area contributed by atoms with Crippen molar-refractivity contribution in [2.24, 2.45) is 0 Å². The first-order valence-electron chi connectivity index (χ1n) is 7.78. The van der Waals surface area contributed by atoms with Crippen LogP contribution >= 0.6 is 0 Å². The highest BCUT2D eigenvalue weighted by Gasteiger charge is 2.28. The fourth-order valence-corrected chi connectivity index (χ4v) is 2.78. The fraction of sp³-hybridized carbons (Fsp3) is 0.588. The molecule has 4 heteroatoms. The van der Waals surface area contributed by atoms with E-state index < -0.39 is 0 Å². The number of ether oxygens (including phenoxy) is 2. The van der Waals surface area contributed by atoms with Gasteiger partial charge in [-0.2, -0.15) is 0 Å². The van der Waals surface area contributed by atoms with Crippen LogP contribution in [-0.4, -0.2) is 37.7 Å². The number of hydrogen-bond donors (Lipinski definition) is 0. The van der Waals surface area contributed by atoms with E-state index in [1.165, 1.54) is 5.56 Å². The SMILES string of the molecule is CCCCOC(=O)CN1CCCC1c1cccc(OC)c1. The van der Waals surface area contributed by atoms with Gasteiger partial charge in [-0.25, -0.2) is 0 Å². The summed E-state index contributed by atoms with van der Waals surface area (Å²) >= 11 is 0. The minimum Gasteiger partial charge on any atom is -0.497 e. The van der Waals surface area contributed by atoms with E-state index in [4.69, 9.17) is 9.47 Å². The van der Waals surface area contributed by atoms with Gasteiger partial charge in [-0.3, -0.25) is 9.69 Å². The Morgan fingerprint density at radius 2 is 2.29 bits per heavy atom. The maximum atomic E-state index is 11.9. The van der Waals surface area contributed by atoms with Crippen LogP contribution in [0.1, 0.15) is 44.2 Å². The molecular weight excluding hydrogens is 266 g/mol. The Morgan fingerprint density at radius 3 is 3.05 bits per heavy atom. The summed E-state index contributed by atoms with van der Waals surface area (Å²) in [4.78, 5) is 14.1. The molecule has 1 aromatic rings. The lowest BCUT2D eigenvalue weighted by Crippen LogP contribution is -2.30. The second-order valence-corrected chi connectivity index (χ2v) is 5.48. The van der Waals surface area contributed by atoms with Crippen molar-refractivity contribution >= 4 is 5.97 Å². The molecule has 1 saturated heterocycles. The van der Waals surface area contributed by atoms with Gasteiger partial charge in [0.1, 0.15) is 5.75 Å². The zero-order chi connectivity index (χ0) is 15.1. The highest BCUT2D eigenvalue weighted by Crippen LogP contribution is 2.33. The van der Waals surface area contributed by atoms with Gasteiger partial charge in [-0.05, 0) is 43.5 Å². The maximum absolute atomic E-state index is 11.9. The lowest BCUT2D eigenvalue weighted by Gasteiger charge is -2.24. The van der Waals surface area contributed by atoms with Crippen LogP contribution in [0.4, 0.5) is 0 Å². The van der Waals surface area contributed by atoms with E-state index in [-0.39, 0.29) is 5.97 Å². The topological polar surface area (TPSA) is 38.8 Å². The number of methoxy groups -OCH3 is 1. The molecule has 0 N–H and O–H groups in total. The molecule has 4 nitrogen and oxygen atoms in total. The van der Waals surface area contributed by atoms with E-state index in [0.717, 1.165) is 38.0 Å². The molecule has 0 spiro atoms. The molecule has 0 bridgehead atoms. The average Bonchev–Trinajstić information content (AvgIpc) is 2.95. The Hall–Kier alpha value is -1.55. The Kier molecular flexibility index (Phi) is 6.05. The van der Waals surface area contributed by atoms with Crippen LogP contribution in [0.15, 0.2) is 24.3 Å². The van der Waals surface area contributed by atoms with Crippen LogP contribution in [0.25, 0.3) is 0 Å². The Morgan fingerprint density at radius 1 is 1.43 bits per heavy atom. The number of likely N-dealkylation sites (tertiary alicyclic amines) is 1. The zero-order valence-corrected chi connectivity index (χ0v) is 13.0. The first kappa shape index (κ1) is 15.8. The quantitative estimate of drug-likeness (QED) is 0.571. The second kappa shape index (κ2) is 8.03. The molecule has 1 aliphatic rings. The Bertz CT molecular complexity index is 461. The van der Waals surface area contributed by atoms with Crippen molar-refractivity contribution in [3.05, 3.63) is 29.8 Å². The van der Waals surface area contributed by atoms with Crippen LogP contribution in [0, 0.1) is 0 Å². The summed E-state index contributed by atoms with van der Waals surface area (Å²) in [5.41, 5.74) is 1.22. The normalized spacial score (nSPS) is 18.7. The highest BCUT2D eigenvalue weighted by molar-refractivity contribution is 5.71. The van der Waals surface area contributed by atoms with Gasteiger partial charge in [0.25, 0.3) is 0 Å². The number of unbranched alkanes of at least 4 members (excludes halogenated alkanes) is 1. The highest BCUT2D eigenvalue weighted by atomic mass is 16.5. The number of rotatable bonds is 7. The van der Waals surface area contributed by atoms with Gasteiger partial charge in [-0.15, -0.1) is 0 Å². The van der Waals surface area contributed by atoms with E-state index in [0.29, 0.717) is 19.2 Å². The molecule has 0 saturated carbocycles. The Labute approximate surface area is 127 Å². The van der Waals surface area contributed by atoms with Crippen molar-refractivity contribution in [1.82, 2.24) is 4.90 Å². The van der Waals surface area contributed by atoms with E-state index >= 15 is 0 Å². The molecular formula is C17H25NO3. The van der Waals surface area contributed by atoms with Gasteiger partial charge in [0.2, 0.25) is 0 Å². The van der Waals surface area contributed by atoms with Crippen molar-refractivity contribution in [3.8, 4) is 5.75 Å². The smallest absolute Gasteiger partial charge is 0.320 e. The fourth-order valence-electron chi connectivity index (χ4n) is 2.78. The molecule has 0 amide bonds. The third-order valence-electron chi connectivity index (χ3n) is 3.94. The van der Waals surface area contributed by atoms with Gasteiger partial charge >= 0.3 is 5.97 Å². The minimum absolute atomic E-state index is 0.113. The molecule has 1 aliphatic heterocycles. The summed E-state index contributed by atoms with van der Waals surface area (Å²) in [6.45, 7) is 3.95. The van der Waals surface area contributed by atoms with Crippen molar-refractivity contribution in [2.75, 3.05) is 26.8 Å². The molecule has 1 atom stereocenters. The summed E-state index contributed by atoms with van der Waals surface area (Å²) in [6, 6.07) is 8.41. The van der Waals surface area contributed by atoms with Crippen LogP contribution in [-0.2, 0) is 9.53 Å². The number of hydrogen-bond acceptors (Lipinski definition) is 4. The number of carbonyl (C=O) groups excluding carboxylic acids is 1. The first-order chi connectivity index (χ1) is 10.2. The van der Waals surface area contributed by atoms with Gasteiger partial charge in [0.15, 0.2) is 0 Å². The van der Waals surface area contributed by atoms with Crippen molar-refractivity contribution in [2.45, 2.75) is 38.6 Å². The number of benzene rings is 1.